The van der Waals surface area contributed by atoms with Gasteiger partial charge in [0.15, 0.2) is 0 Å². The van der Waals surface area contributed by atoms with Gasteiger partial charge in [0.1, 0.15) is 0 Å². The molecule has 0 unspecified atom stereocenters. The van der Waals surface area contributed by atoms with E-state index in [0.717, 1.165) is 16.3 Å². The number of aromatic nitrogens is 2. The van der Waals surface area contributed by atoms with Crippen LogP contribution in [0, 0.1) is 0 Å². The minimum Gasteiger partial charge on any atom is -0.334 e. The van der Waals surface area contributed by atoms with Gasteiger partial charge in [-0.2, -0.15) is 4.98 Å². The topological polar surface area (TPSA) is 38.9 Å². The fourth-order valence-corrected chi connectivity index (χ4v) is 2.01. The van der Waals surface area contributed by atoms with Gasteiger partial charge in [0.25, 0.3) is 9.68 Å². The molecule has 0 atom stereocenters. The molecule has 1 aromatic heterocycles. The highest BCUT2D eigenvalue weighted by molar-refractivity contribution is 6.66. The van der Waals surface area contributed by atoms with Gasteiger partial charge in [-0.25, -0.2) is 0 Å². The highest BCUT2D eigenvalue weighted by Gasteiger charge is 2.30. The number of hydrogen-bond donors (Lipinski definition) is 0. The van der Waals surface area contributed by atoms with E-state index >= 15 is 0 Å². The van der Waals surface area contributed by atoms with E-state index in [-0.39, 0.29) is 5.89 Å². The zero-order valence-corrected chi connectivity index (χ0v) is 11.7. The lowest BCUT2D eigenvalue weighted by molar-refractivity contribution is 0.383. The van der Waals surface area contributed by atoms with E-state index in [4.69, 9.17) is 39.3 Å². The smallest absolute Gasteiger partial charge is 0.279 e. The quantitative estimate of drug-likeness (QED) is 0.610. The van der Waals surface area contributed by atoms with Gasteiger partial charge in [-0.1, -0.05) is 76.4 Å². The van der Waals surface area contributed by atoms with Crippen molar-refractivity contribution in [3.8, 4) is 11.4 Å². The summed E-state index contributed by atoms with van der Waals surface area (Å²) in [5, 5.41) is 6.04. The number of nitrogens with zero attached hydrogens (tertiary/aromatic N) is 2. The molecule has 0 spiro atoms. The van der Waals surface area contributed by atoms with Gasteiger partial charge in [-0.15, -0.1) is 0 Å². The summed E-state index contributed by atoms with van der Waals surface area (Å²) in [5.41, 5.74) is 0.808. The van der Waals surface area contributed by atoms with E-state index in [0.29, 0.717) is 5.82 Å². The highest BCUT2D eigenvalue weighted by Crippen LogP contribution is 2.37. The fraction of sp³-hybridized carbons (Fsp3) is 0.0769. The van der Waals surface area contributed by atoms with Crippen LogP contribution in [0.3, 0.4) is 0 Å². The van der Waals surface area contributed by atoms with Crippen LogP contribution in [0.15, 0.2) is 47.0 Å². The predicted octanol–water partition coefficient (Wildman–Crippen LogP) is 4.72. The molecule has 96 valence electrons. The normalized spacial score (nSPS) is 11.9. The maximum atomic E-state index is 5.69. The van der Waals surface area contributed by atoms with Crippen LogP contribution in [-0.2, 0) is 3.79 Å². The molecule has 3 nitrogen and oxygen atoms in total. The van der Waals surface area contributed by atoms with Gasteiger partial charge >= 0.3 is 0 Å². The third-order valence-corrected chi connectivity index (χ3v) is 3.16. The number of halogens is 3. The Labute approximate surface area is 124 Å². The second-order valence-electron chi connectivity index (χ2n) is 3.98. The van der Waals surface area contributed by atoms with Crippen molar-refractivity contribution in [1.82, 2.24) is 10.1 Å². The lowest BCUT2D eigenvalue weighted by Crippen LogP contribution is -1.99. The number of rotatable bonds is 1. The van der Waals surface area contributed by atoms with Crippen molar-refractivity contribution in [1.29, 1.82) is 0 Å². The molecule has 0 aliphatic carbocycles. The standard InChI is InChI=1S/C13H7Cl3N2O/c14-13(15,16)12-17-11(18-19-12)10-6-5-8-3-1-2-4-9(8)7-10/h1-7H. The number of alkyl halides is 3. The molecule has 0 amide bonds. The van der Waals surface area contributed by atoms with Gasteiger partial charge < -0.3 is 4.52 Å². The molecule has 0 aliphatic heterocycles. The molecule has 0 saturated carbocycles. The molecule has 19 heavy (non-hydrogen) atoms. The lowest BCUT2D eigenvalue weighted by atomic mass is 10.1. The van der Waals surface area contributed by atoms with Crippen molar-refractivity contribution in [3.05, 3.63) is 48.4 Å². The summed E-state index contributed by atoms with van der Waals surface area (Å²) in [6, 6.07) is 13.8. The molecule has 0 bridgehead atoms. The Kier molecular flexibility index (Phi) is 3.13. The van der Waals surface area contributed by atoms with Crippen molar-refractivity contribution in [2.24, 2.45) is 0 Å². The van der Waals surface area contributed by atoms with E-state index in [1.165, 1.54) is 0 Å². The Morgan fingerprint density at radius 2 is 1.68 bits per heavy atom. The molecule has 1 heterocycles. The van der Waals surface area contributed by atoms with Crippen molar-refractivity contribution in [3.63, 3.8) is 0 Å². The van der Waals surface area contributed by atoms with E-state index in [1.807, 2.05) is 42.5 Å². The Bertz CT molecular complexity index is 734. The summed E-state index contributed by atoms with van der Waals surface area (Å²) in [6.07, 6.45) is 0. The molecule has 0 radical (unpaired) electrons. The number of fused-ring (bicyclic) bond motifs is 1. The third-order valence-electron chi connectivity index (χ3n) is 2.68. The molecular weight excluding hydrogens is 307 g/mol. The second-order valence-corrected chi connectivity index (χ2v) is 6.26. The SMILES string of the molecule is ClC(Cl)(Cl)c1nc(-c2ccc3ccccc3c2)no1. The molecule has 0 N–H and O–H groups in total. The van der Waals surface area contributed by atoms with Crippen molar-refractivity contribution >= 4 is 45.6 Å². The van der Waals surface area contributed by atoms with Crippen molar-refractivity contribution in [2.45, 2.75) is 3.79 Å². The molecule has 3 rings (SSSR count). The molecule has 0 aliphatic rings. The van der Waals surface area contributed by atoms with Gasteiger partial charge in [0.05, 0.1) is 0 Å². The average Bonchev–Trinajstić information content (AvgIpc) is 2.87. The van der Waals surface area contributed by atoms with Crippen LogP contribution in [0.5, 0.6) is 0 Å². The lowest BCUT2D eigenvalue weighted by Gasteiger charge is -2.01. The molecule has 0 fully saturated rings. The predicted molar refractivity (Wildman–Crippen MR) is 76.5 cm³/mol. The minimum atomic E-state index is -1.71. The Morgan fingerprint density at radius 1 is 0.947 bits per heavy atom. The van der Waals surface area contributed by atoms with E-state index in [1.54, 1.807) is 0 Å². The van der Waals surface area contributed by atoms with Crippen LogP contribution in [-0.4, -0.2) is 10.1 Å². The zero-order valence-electron chi connectivity index (χ0n) is 9.48. The van der Waals surface area contributed by atoms with E-state index in [2.05, 4.69) is 10.1 Å². The molecular formula is C13H7Cl3N2O. The van der Waals surface area contributed by atoms with Gasteiger partial charge in [0, 0.05) is 5.56 Å². The van der Waals surface area contributed by atoms with Crippen LogP contribution in [0.25, 0.3) is 22.2 Å². The van der Waals surface area contributed by atoms with Gasteiger partial charge in [0.2, 0.25) is 5.82 Å². The van der Waals surface area contributed by atoms with Crippen LogP contribution in [0.2, 0.25) is 0 Å². The number of hydrogen-bond acceptors (Lipinski definition) is 3. The first kappa shape index (κ1) is 12.7. The summed E-state index contributed by atoms with van der Waals surface area (Å²) in [5.74, 6) is 0.354. The third kappa shape index (κ3) is 2.54. The summed E-state index contributed by atoms with van der Waals surface area (Å²) < 4.78 is 3.23. The summed E-state index contributed by atoms with van der Waals surface area (Å²) in [7, 11) is 0. The van der Waals surface area contributed by atoms with E-state index < -0.39 is 3.79 Å². The fourth-order valence-electron chi connectivity index (χ4n) is 1.78. The van der Waals surface area contributed by atoms with Crippen LogP contribution in [0.4, 0.5) is 0 Å². The first-order valence-corrected chi connectivity index (χ1v) is 6.57. The zero-order chi connectivity index (χ0) is 13.5. The van der Waals surface area contributed by atoms with Crippen LogP contribution in [0.1, 0.15) is 5.89 Å². The Morgan fingerprint density at radius 3 is 2.37 bits per heavy atom. The Hall–Kier alpha value is -1.29. The van der Waals surface area contributed by atoms with Gasteiger partial charge in [-0.3, -0.25) is 0 Å². The second kappa shape index (κ2) is 4.67. The molecule has 3 aromatic rings. The maximum absolute atomic E-state index is 5.69. The minimum absolute atomic E-state index is 0.0411. The first-order chi connectivity index (χ1) is 9.04. The Balaban J connectivity index is 2.07. The van der Waals surface area contributed by atoms with Crippen molar-refractivity contribution < 1.29 is 4.52 Å². The summed E-state index contributed by atoms with van der Waals surface area (Å²) in [4.78, 5) is 4.08. The van der Waals surface area contributed by atoms with Crippen molar-refractivity contribution in [2.75, 3.05) is 0 Å². The number of benzene rings is 2. The molecule has 2 aromatic carbocycles. The first-order valence-electron chi connectivity index (χ1n) is 5.44. The van der Waals surface area contributed by atoms with E-state index in [9.17, 15) is 0 Å². The van der Waals surface area contributed by atoms with Gasteiger partial charge in [-0.05, 0) is 16.8 Å². The largest absolute Gasteiger partial charge is 0.334 e. The van der Waals surface area contributed by atoms with Crippen LogP contribution >= 0.6 is 34.8 Å². The summed E-state index contributed by atoms with van der Waals surface area (Å²) in [6.45, 7) is 0. The maximum Gasteiger partial charge on any atom is 0.279 e. The summed E-state index contributed by atoms with van der Waals surface area (Å²) >= 11 is 17.1. The highest BCUT2D eigenvalue weighted by atomic mass is 35.6. The molecule has 0 saturated heterocycles. The average molecular weight is 314 g/mol. The van der Waals surface area contributed by atoms with Crippen LogP contribution < -0.4 is 0 Å². The molecule has 6 heteroatoms. The monoisotopic (exact) mass is 312 g/mol.